The number of hydrogen-bond donors (Lipinski definition) is 0. The van der Waals surface area contributed by atoms with Crippen molar-refractivity contribution < 1.29 is 0 Å². The van der Waals surface area contributed by atoms with Gasteiger partial charge in [-0.25, -0.2) is 0 Å². The molecule has 0 bridgehead atoms. The molecular weight excluding hydrogens is 218 g/mol. The molecule has 0 aromatic heterocycles. The Morgan fingerprint density at radius 1 is 1.11 bits per heavy atom. The Kier molecular flexibility index (Phi) is 2.52. The Bertz CT molecular complexity index is 477. The van der Waals surface area contributed by atoms with Crippen molar-refractivity contribution in [1.82, 2.24) is 0 Å². The molecule has 0 N–H and O–H groups in total. The fourth-order valence-electron chi connectivity index (χ4n) is 3.79. The van der Waals surface area contributed by atoms with Crippen LogP contribution in [0, 0.1) is 16.7 Å². The zero-order valence-electron chi connectivity index (χ0n) is 11.4. The van der Waals surface area contributed by atoms with Crippen molar-refractivity contribution in [2.45, 2.75) is 57.3 Å². The van der Waals surface area contributed by atoms with Gasteiger partial charge in [0.05, 0.1) is 11.5 Å². The molecule has 0 aliphatic heterocycles. The Balaban J connectivity index is 1.83. The Morgan fingerprint density at radius 2 is 1.72 bits per heavy atom. The number of rotatable bonds is 2. The maximum absolute atomic E-state index is 9.57. The largest absolute Gasteiger partial charge is 0.197 e. The van der Waals surface area contributed by atoms with E-state index in [9.17, 15) is 5.26 Å². The molecule has 2 fully saturated rings. The van der Waals surface area contributed by atoms with Gasteiger partial charge in [0, 0.05) is 0 Å². The zero-order chi connectivity index (χ0) is 12.8. The minimum Gasteiger partial charge on any atom is -0.197 e. The number of nitriles is 1. The van der Waals surface area contributed by atoms with Gasteiger partial charge in [-0.1, -0.05) is 44.5 Å². The average molecular weight is 239 g/mol. The van der Waals surface area contributed by atoms with Gasteiger partial charge >= 0.3 is 0 Å². The summed E-state index contributed by atoms with van der Waals surface area (Å²) < 4.78 is 0. The second-order valence-corrected chi connectivity index (χ2v) is 6.68. The van der Waals surface area contributed by atoms with E-state index in [0.717, 1.165) is 12.8 Å². The van der Waals surface area contributed by atoms with Crippen molar-refractivity contribution in [2.75, 3.05) is 0 Å². The van der Waals surface area contributed by atoms with Gasteiger partial charge < -0.3 is 0 Å². The molecule has 0 saturated heterocycles. The van der Waals surface area contributed by atoms with E-state index in [1.165, 1.54) is 30.4 Å². The van der Waals surface area contributed by atoms with Crippen LogP contribution in [0.15, 0.2) is 24.3 Å². The van der Waals surface area contributed by atoms with Gasteiger partial charge in [0.2, 0.25) is 0 Å². The molecule has 2 aliphatic rings. The summed E-state index contributed by atoms with van der Waals surface area (Å²) in [6, 6.07) is 11.4. The molecule has 0 radical (unpaired) electrons. The van der Waals surface area contributed by atoms with E-state index in [1.807, 2.05) is 0 Å². The van der Waals surface area contributed by atoms with E-state index in [2.05, 4.69) is 44.2 Å². The highest BCUT2D eigenvalue weighted by Crippen LogP contribution is 2.64. The lowest BCUT2D eigenvalue weighted by Gasteiger charge is -2.58. The Morgan fingerprint density at radius 3 is 2.11 bits per heavy atom. The van der Waals surface area contributed by atoms with Crippen molar-refractivity contribution in [1.29, 1.82) is 5.26 Å². The first kappa shape index (κ1) is 11.8. The van der Waals surface area contributed by atoms with Crippen LogP contribution < -0.4 is 0 Å². The van der Waals surface area contributed by atoms with E-state index in [0.29, 0.717) is 11.3 Å². The molecule has 0 atom stereocenters. The van der Waals surface area contributed by atoms with Crippen molar-refractivity contribution in [2.24, 2.45) is 5.41 Å². The smallest absolute Gasteiger partial charge is 0.0833 e. The third-order valence-corrected chi connectivity index (χ3v) is 5.11. The first-order chi connectivity index (χ1) is 8.59. The normalized spacial score (nSPS) is 23.2. The van der Waals surface area contributed by atoms with Crippen molar-refractivity contribution in [3.8, 4) is 6.07 Å². The van der Waals surface area contributed by atoms with Gasteiger partial charge in [0.25, 0.3) is 0 Å². The van der Waals surface area contributed by atoms with Crippen LogP contribution in [0.3, 0.4) is 0 Å². The first-order valence-corrected chi connectivity index (χ1v) is 7.11. The van der Waals surface area contributed by atoms with Gasteiger partial charge in [0.15, 0.2) is 0 Å². The predicted molar refractivity (Wildman–Crippen MR) is 73.3 cm³/mol. The van der Waals surface area contributed by atoms with E-state index in [1.54, 1.807) is 0 Å². The van der Waals surface area contributed by atoms with Gasteiger partial charge in [-0.3, -0.25) is 0 Å². The fourth-order valence-corrected chi connectivity index (χ4v) is 3.79. The van der Waals surface area contributed by atoms with E-state index < -0.39 is 0 Å². The van der Waals surface area contributed by atoms with E-state index in [4.69, 9.17) is 0 Å². The molecule has 2 saturated carbocycles. The summed E-state index contributed by atoms with van der Waals surface area (Å²) in [5, 5.41) is 9.57. The molecule has 1 aromatic rings. The predicted octanol–water partition coefficient (Wildman–Crippen LogP) is 4.54. The molecule has 0 unspecified atom stereocenters. The second kappa shape index (κ2) is 3.85. The molecule has 3 rings (SSSR count). The van der Waals surface area contributed by atoms with E-state index in [-0.39, 0.29) is 5.41 Å². The van der Waals surface area contributed by atoms with Gasteiger partial charge in [-0.05, 0) is 48.1 Å². The average Bonchev–Trinajstić information content (AvgIpc) is 2.27. The highest BCUT2D eigenvalue weighted by molar-refractivity contribution is 5.40. The summed E-state index contributed by atoms with van der Waals surface area (Å²) in [5.74, 6) is 0.566. The van der Waals surface area contributed by atoms with Crippen LogP contribution in [0.5, 0.6) is 0 Å². The van der Waals surface area contributed by atoms with Crippen molar-refractivity contribution in [3.05, 3.63) is 35.4 Å². The zero-order valence-corrected chi connectivity index (χ0v) is 11.4. The minimum atomic E-state index is -0.171. The first-order valence-electron chi connectivity index (χ1n) is 7.11. The lowest BCUT2D eigenvalue weighted by Crippen LogP contribution is -2.52. The maximum Gasteiger partial charge on any atom is 0.0833 e. The van der Waals surface area contributed by atoms with Crippen LogP contribution >= 0.6 is 0 Å². The van der Waals surface area contributed by atoms with Crippen LogP contribution in [0.25, 0.3) is 0 Å². The summed E-state index contributed by atoms with van der Waals surface area (Å²) in [6.07, 6.45) is 6.25. The van der Waals surface area contributed by atoms with Gasteiger partial charge in [0.1, 0.15) is 0 Å². The molecule has 94 valence electrons. The summed E-state index contributed by atoms with van der Waals surface area (Å²) in [5.41, 5.74) is 2.99. The second-order valence-electron chi connectivity index (χ2n) is 6.68. The summed E-state index contributed by atoms with van der Waals surface area (Å²) in [7, 11) is 0. The third-order valence-electron chi connectivity index (χ3n) is 5.11. The molecule has 1 spiro atoms. The highest BCUT2D eigenvalue weighted by atomic mass is 14.6. The lowest BCUT2D eigenvalue weighted by molar-refractivity contribution is -0.0227. The minimum absolute atomic E-state index is 0.171. The number of benzene rings is 1. The lowest BCUT2D eigenvalue weighted by atomic mass is 9.44. The quantitative estimate of drug-likeness (QED) is 0.743. The molecule has 18 heavy (non-hydrogen) atoms. The third kappa shape index (κ3) is 1.59. The summed E-state index contributed by atoms with van der Waals surface area (Å²) >= 11 is 0. The van der Waals surface area contributed by atoms with Crippen LogP contribution in [-0.2, 0) is 5.41 Å². The van der Waals surface area contributed by atoms with Crippen LogP contribution in [0.1, 0.15) is 63.0 Å². The monoisotopic (exact) mass is 239 g/mol. The molecule has 1 nitrogen and oxygen atoms in total. The Hall–Kier alpha value is -1.29. The van der Waals surface area contributed by atoms with Crippen LogP contribution in [0.4, 0.5) is 0 Å². The molecule has 2 aliphatic carbocycles. The Labute approximate surface area is 110 Å². The maximum atomic E-state index is 9.57. The molecule has 0 amide bonds. The van der Waals surface area contributed by atoms with Gasteiger partial charge in [-0.2, -0.15) is 5.26 Å². The van der Waals surface area contributed by atoms with Crippen molar-refractivity contribution in [3.63, 3.8) is 0 Å². The topological polar surface area (TPSA) is 23.8 Å². The number of hydrogen-bond acceptors (Lipinski definition) is 1. The number of nitrogens with zero attached hydrogens (tertiary/aromatic N) is 1. The standard InChI is InChI=1S/C17H21N/c1-13(2)14-4-6-15(7-5-14)17(12-18)10-16(11-17)8-3-9-16/h4-7,13H,3,8-11H2,1-2H3. The summed E-state index contributed by atoms with van der Waals surface area (Å²) in [6.45, 7) is 4.42. The molecular formula is C17H21N. The van der Waals surface area contributed by atoms with Crippen molar-refractivity contribution >= 4 is 0 Å². The van der Waals surface area contributed by atoms with Crippen LogP contribution in [0.2, 0.25) is 0 Å². The fraction of sp³-hybridized carbons (Fsp3) is 0.588. The molecule has 1 heteroatoms. The van der Waals surface area contributed by atoms with Crippen LogP contribution in [-0.4, -0.2) is 0 Å². The van der Waals surface area contributed by atoms with Gasteiger partial charge in [-0.15, -0.1) is 0 Å². The van der Waals surface area contributed by atoms with E-state index >= 15 is 0 Å². The SMILES string of the molecule is CC(C)c1ccc(C2(C#N)CC3(CCC3)C2)cc1. The molecule has 0 heterocycles. The summed E-state index contributed by atoms with van der Waals surface area (Å²) in [4.78, 5) is 0. The highest BCUT2D eigenvalue weighted by Gasteiger charge is 2.58. The molecule has 1 aromatic carbocycles.